The van der Waals surface area contributed by atoms with E-state index in [1.165, 1.54) is 0 Å². The molecule has 2 rings (SSSR count). The molecule has 1 aromatic carbocycles. The minimum atomic E-state index is -0.493. The first kappa shape index (κ1) is 13.5. The van der Waals surface area contributed by atoms with Gasteiger partial charge in [0.1, 0.15) is 6.10 Å². The second kappa shape index (κ2) is 6.88. The molecule has 1 N–H and O–H groups in total. The fourth-order valence-electron chi connectivity index (χ4n) is 2.50. The van der Waals surface area contributed by atoms with Gasteiger partial charge < -0.3 is 14.6 Å². The smallest absolute Gasteiger partial charge is 0.109 e. The summed E-state index contributed by atoms with van der Waals surface area (Å²) in [5, 5.41) is 10.5. The summed E-state index contributed by atoms with van der Waals surface area (Å²) in [6, 6.07) is 9.94. The topological polar surface area (TPSA) is 38.7 Å². The quantitative estimate of drug-likeness (QED) is 0.873. The molecule has 0 aliphatic carbocycles. The van der Waals surface area contributed by atoms with Gasteiger partial charge in [-0.3, -0.25) is 0 Å². The molecule has 3 heteroatoms. The van der Waals surface area contributed by atoms with Crippen molar-refractivity contribution in [1.82, 2.24) is 0 Å². The van der Waals surface area contributed by atoms with E-state index in [0.717, 1.165) is 25.0 Å². The molecule has 1 heterocycles. The maximum absolute atomic E-state index is 10.5. The van der Waals surface area contributed by atoms with Crippen LogP contribution in [0.2, 0.25) is 0 Å². The molecule has 0 bridgehead atoms. The third-order valence-electron chi connectivity index (χ3n) is 3.46. The van der Waals surface area contributed by atoms with Crippen LogP contribution in [0.15, 0.2) is 30.3 Å². The lowest BCUT2D eigenvalue weighted by Crippen LogP contribution is -2.34. The summed E-state index contributed by atoms with van der Waals surface area (Å²) >= 11 is 0. The Bertz CT molecular complexity index is 333. The van der Waals surface area contributed by atoms with Crippen LogP contribution in [0.3, 0.4) is 0 Å². The molecular weight excluding hydrogens is 228 g/mol. The zero-order chi connectivity index (χ0) is 12.8. The normalized spacial score (nSPS) is 23.6. The summed E-state index contributed by atoms with van der Waals surface area (Å²) in [6.45, 7) is 4.01. The van der Waals surface area contributed by atoms with Crippen LogP contribution in [0.5, 0.6) is 0 Å². The van der Waals surface area contributed by atoms with Crippen molar-refractivity contribution in [2.75, 3.05) is 19.8 Å². The Kier molecular flexibility index (Phi) is 5.17. The van der Waals surface area contributed by atoms with E-state index >= 15 is 0 Å². The molecular formula is C15H22O3. The van der Waals surface area contributed by atoms with Gasteiger partial charge in [-0.1, -0.05) is 30.3 Å². The van der Waals surface area contributed by atoms with E-state index in [1.54, 1.807) is 0 Å². The standard InChI is InChI=1S/C15H22O3/c1-2-18-15(12-7-4-3-5-8-12)14(16)13-9-6-10-17-11-13/h3-5,7-8,13-16H,2,6,9-11H2,1H3. The van der Waals surface area contributed by atoms with Gasteiger partial charge in [0.05, 0.1) is 12.7 Å². The fraction of sp³-hybridized carbons (Fsp3) is 0.600. The van der Waals surface area contributed by atoms with Crippen molar-refractivity contribution in [3.05, 3.63) is 35.9 Å². The second-order valence-corrected chi connectivity index (χ2v) is 4.75. The van der Waals surface area contributed by atoms with Crippen LogP contribution < -0.4 is 0 Å². The van der Waals surface area contributed by atoms with Crippen LogP contribution >= 0.6 is 0 Å². The van der Waals surface area contributed by atoms with E-state index in [9.17, 15) is 5.11 Å². The van der Waals surface area contributed by atoms with E-state index in [1.807, 2.05) is 37.3 Å². The molecule has 18 heavy (non-hydrogen) atoms. The van der Waals surface area contributed by atoms with Gasteiger partial charge >= 0.3 is 0 Å². The summed E-state index contributed by atoms with van der Waals surface area (Å²) < 4.78 is 11.2. The molecule has 3 atom stereocenters. The largest absolute Gasteiger partial charge is 0.390 e. The van der Waals surface area contributed by atoms with Crippen molar-refractivity contribution < 1.29 is 14.6 Å². The second-order valence-electron chi connectivity index (χ2n) is 4.75. The summed E-state index contributed by atoms with van der Waals surface area (Å²) in [4.78, 5) is 0. The van der Waals surface area contributed by atoms with Gasteiger partial charge in [-0.15, -0.1) is 0 Å². The zero-order valence-electron chi connectivity index (χ0n) is 10.9. The van der Waals surface area contributed by atoms with Gasteiger partial charge in [0.15, 0.2) is 0 Å². The molecule has 1 saturated heterocycles. The molecule has 0 aromatic heterocycles. The SMILES string of the molecule is CCOC(c1ccccc1)C(O)C1CCCOC1. The first-order valence-electron chi connectivity index (χ1n) is 6.75. The van der Waals surface area contributed by atoms with Crippen LogP contribution in [-0.4, -0.2) is 31.0 Å². The maximum Gasteiger partial charge on any atom is 0.109 e. The minimum absolute atomic E-state index is 0.176. The van der Waals surface area contributed by atoms with Crippen molar-refractivity contribution in [3.63, 3.8) is 0 Å². The first-order valence-corrected chi connectivity index (χ1v) is 6.75. The number of hydrogen-bond donors (Lipinski definition) is 1. The molecule has 1 fully saturated rings. The van der Waals surface area contributed by atoms with Crippen LogP contribution in [-0.2, 0) is 9.47 Å². The number of benzene rings is 1. The minimum Gasteiger partial charge on any atom is -0.390 e. The fourth-order valence-corrected chi connectivity index (χ4v) is 2.50. The molecule has 0 saturated carbocycles. The summed E-state index contributed by atoms with van der Waals surface area (Å²) in [5.74, 6) is 0.176. The number of rotatable bonds is 5. The molecule has 3 unspecified atom stereocenters. The highest BCUT2D eigenvalue weighted by Gasteiger charge is 2.30. The van der Waals surface area contributed by atoms with Crippen molar-refractivity contribution in [2.45, 2.75) is 32.0 Å². The molecule has 0 radical (unpaired) electrons. The van der Waals surface area contributed by atoms with Crippen molar-refractivity contribution in [1.29, 1.82) is 0 Å². The van der Waals surface area contributed by atoms with Crippen molar-refractivity contribution in [2.24, 2.45) is 5.92 Å². The summed E-state index contributed by atoms with van der Waals surface area (Å²) in [7, 11) is 0. The number of aliphatic hydroxyl groups excluding tert-OH is 1. The Balaban J connectivity index is 2.08. The predicted molar refractivity (Wildman–Crippen MR) is 70.4 cm³/mol. The summed E-state index contributed by atoms with van der Waals surface area (Å²) in [5.41, 5.74) is 1.04. The monoisotopic (exact) mass is 250 g/mol. The molecule has 0 amide bonds. The van der Waals surface area contributed by atoms with E-state index in [2.05, 4.69) is 0 Å². The Morgan fingerprint density at radius 1 is 1.39 bits per heavy atom. The first-order chi connectivity index (χ1) is 8.83. The van der Waals surface area contributed by atoms with Gasteiger partial charge in [0.25, 0.3) is 0 Å². The molecule has 1 aliphatic heterocycles. The lowest BCUT2D eigenvalue weighted by molar-refractivity contribution is -0.0910. The lowest BCUT2D eigenvalue weighted by Gasteiger charge is -2.32. The van der Waals surface area contributed by atoms with Crippen LogP contribution in [0.4, 0.5) is 0 Å². The lowest BCUT2D eigenvalue weighted by atomic mass is 9.89. The van der Waals surface area contributed by atoms with Gasteiger partial charge in [-0.05, 0) is 25.3 Å². The Hall–Kier alpha value is -0.900. The van der Waals surface area contributed by atoms with Crippen LogP contribution in [0, 0.1) is 5.92 Å². The highest BCUT2D eigenvalue weighted by molar-refractivity contribution is 5.19. The number of hydrogen-bond acceptors (Lipinski definition) is 3. The van der Waals surface area contributed by atoms with Gasteiger partial charge in [0, 0.05) is 19.1 Å². The highest BCUT2D eigenvalue weighted by Crippen LogP contribution is 2.29. The summed E-state index contributed by atoms with van der Waals surface area (Å²) in [6.07, 6.45) is 1.29. The van der Waals surface area contributed by atoms with Crippen molar-refractivity contribution in [3.8, 4) is 0 Å². The van der Waals surface area contributed by atoms with Gasteiger partial charge in [-0.2, -0.15) is 0 Å². The predicted octanol–water partition coefficient (Wildman–Crippen LogP) is 2.55. The number of ether oxygens (including phenoxy) is 2. The average Bonchev–Trinajstić information content (AvgIpc) is 2.46. The van der Waals surface area contributed by atoms with Crippen molar-refractivity contribution >= 4 is 0 Å². The maximum atomic E-state index is 10.5. The third kappa shape index (κ3) is 3.31. The number of aliphatic hydroxyl groups is 1. The van der Waals surface area contributed by atoms with Gasteiger partial charge in [-0.25, -0.2) is 0 Å². The molecule has 100 valence electrons. The zero-order valence-corrected chi connectivity index (χ0v) is 10.9. The Morgan fingerprint density at radius 3 is 2.78 bits per heavy atom. The van der Waals surface area contributed by atoms with Crippen LogP contribution in [0.1, 0.15) is 31.4 Å². The molecule has 3 nitrogen and oxygen atoms in total. The van der Waals surface area contributed by atoms with E-state index in [4.69, 9.17) is 9.47 Å². The molecule has 0 spiro atoms. The Morgan fingerprint density at radius 2 is 2.17 bits per heavy atom. The molecule has 1 aromatic rings. The van der Waals surface area contributed by atoms with Gasteiger partial charge in [0.2, 0.25) is 0 Å². The van der Waals surface area contributed by atoms with E-state index in [-0.39, 0.29) is 12.0 Å². The average molecular weight is 250 g/mol. The van der Waals surface area contributed by atoms with Crippen LogP contribution in [0.25, 0.3) is 0 Å². The Labute approximate surface area is 109 Å². The van der Waals surface area contributed by atoms with E-state index < -0.39 is 6.10 Å². The van der Waals surface area contributed by atoms with E-state index in [0.29, 0.717) is 13.2 Å². The molecule has 1 aliphatic rings. The highest BCUT2D eigenvalue weighted by atomic mass is 16.5. The third-order valence-corrected chi connectivity index (χ3v) is 3.46.